The molecule has 3 fully saturated rings. The summed E-state index contributed by atoms with van der Waals surface area (Å²) < 4.78 is 11.6. The number of fused-ring (bicyclic) bond motifs is 4. The van der Waals surface area contributed by atoms with Crippen LogP contribution in [-0.2, 0) is 19.1 Å². The predicted molar refractivity (Wildman–Crippen MR) is 159 cm³/mol. The molecule has 0 aromatic rings. The highest BCUT2D eigenvalue weighted by Crippen LogP contribution is 2.71. The van der Waals surface area contributed by atoms with E-state index >= 15 is 0 Å². The second kappa shape index (κ2) is 11.9. The van der Waals surface area contributed by atoms with Gasteiger partial charge in [0.15, 0.2) is 0 Å². The molecule has 0 saturated heterocycles. The number of rotatable bonds is 8. The van der Waals surface area contributed by atoms with E-state index in [1.165, 1.54) is 12.5 Å². The fourth-order valence-corrected chi connectivity index (χ4v) is 9.99. The van der Waals surface area contributed by atoms with Crippen molar-refractivity contribution < 1.29 is 34.4 Å². The molecule has 42 heavy (non-hydrogen) atoms. The smallest absolute Gasteiger partial charge is 0.331 e. The second-order valence-corrected chi connectivity index (χ2v) is 14.9. The van der Waals surface area contributed by atoms with E-state index in [1.54, 1.807) is 0 Å². The van der Waals surface area contributed by atoms with Crippen LogP contribution in [0.1, 0.15) is 118 Å². The first-order chi connectivity index (χ1) is 19.9. The molecule has 234 valence electrons. The van der Waals surface area contributed by atoms with Crippen molar-refractivity contribution in [2.75, 3.05) is 6.61 Å². The van der Waals surface area contributed by atoms with Gasteiger partial charge >= 0.3 is 11.9 Å². The predicted octanol–water partition coefficient (Wildman–Crippen LogP) is 5.24. The van der Waals surface area contributed by atoms with Crippen LogP contribution in [-0.4, -0.2) is 57.8 Å². The molecule has 0 aromatic heterocycles. The lowest BCUT2D eigenvalue weighted by molar-refractivity contribution is -0.338. The van der Waals surface area contributed by atoms with Gasteiger partial charge in [-0.1, -0.05) is 46.0 Å². The van der Waals surface area contributed by atoms with Gasteiger partial charge in [0, 0.05) is 24.8 Å². The average Bonchev–Trinajstić information content (AvgIpc) is 3.40. The zero-order chi connectivity index (χ0) is 30.3. The van der Waals surface area contributed by atoms with Crippen molar-refractivity contribution in [3.63, 3.8) is 0 Å². The Morgan fingerprint density at radius 3 is 2.50 bits per heavy atom. The molecule has 5 aliphatic rings. The number of esters is 2. The molecule has 2 aliphatic heterocycles. The van der Waals surface area contributed by atoms with Gasteiger partial charge in [0.25, 0.3) is 0 Å². The van der Waals surface area contributed by atoms with E-state index in [4.69, 9.17) is 9.47 Å². The number of hydrogen-bond donors (Lipinski definition) is 3. The van der Waals surface area contributed by atoms with Crippen LogP contribution in [0.25, 0.3) is 0 Å². The lowest BCUT2D eigenvalue weighted by Crippen LogP contribution is -2.79. The van der Waals surface area contributed by atoms with Gasteiger partial charge in [-0.25, -0.2) is 4.79 Å². The minimum absolute atomic E-state index is 0.183. The Labute approximate surface area is 251 Å². The second-order valence-electron chi connectivity index (χ2n) is 14.9. The van der Waals surface area contributed by atoms with Crippen molar-refractivity contribution in [1.29, 1.82) is 0 Å². The summed E-state index contributed by atoms with van der Waals surface area (Å²) in [7, 11) is 0. The standard InChI is InChI=1S/C35H52O7/c1-23(2)13-14-27(36)35-28(37)16-18-33(4,25-10-6-5-7-11-25)31(35)26-21-32(3,17-9-8-12-29(38)42-26)34(35,40)19-15-24-20-30(39)41-22-24/h20,23,25-28,31,36-37,40H,5-8,10-16,18-19,21-22H2,1-4H3. The Morgan fingerprint density at radius 2 is 1.83 bits per heavy atom. The largest absolute Gasteiger partial charge is 0.462 e. The van der Waals surface area contributed by atoms with Crippen LogP contribution in [0.15, 0.2) is 11.6 Å². The quantitative estimate of drug-likeness (QED) is 0.264. The van der Waals surface area contributed by atoms with Crippen LogP contribution in [0, 0.1) is 45.8 Å². The first-order valence-corrected chi connectivity index (χ1v) is 16.5. The van der Waals surface area contributed by atoms with E-state index in [0.717, 1.165) is 44.1 Å². The van der Waals surface area contributed by atoms with Gasteiger partial charge in [-0.15, -0.1) is 5.92 Å². The van der Waals surface area contributed by atoms with Crippen LogP contribution in [0.5, 0.6) is 0 Å². The molecule has 0 spiro atoms. The number of carbonyl (C=O) groups excluding carboxylic acids is 2. The summed E-state index contributed by atoms with van der Waals surface area (Å²) in [4.78, 5) is 25.1. The van der Waals surface area contributed by atoms with E-state index in [1.807, 2.05) is 6.92 Å². The van der Waals surface area contributed by atoms with Crippen LogP contribution in [0.2, 0.25) is 0 Å². The Bertz CT molecular complexity index is 1130. The third-order valence-electron chi connectivity index (χ3n) is 12.1. The molecule has 5 rings (SSSR count). The van der Waals surface area contributed by atoms with E-state index in [0.29, 0.717) is 43.9 Å². The molecule has 3 saturated carbocycles. The summed E-state index contributed by atoms with van der Waals surface area (Å²) >= 11 is 0. The van der Waals surface area contributed by atoms with Crippen molar-refractivity contribution >= 4 is 11.9 Å². The molecule has 0 aromatic carbocycles. The maximum Gasteiger partial charge on any atom is 0.331 e. The summed E-state index contributed by atoms with van der Waals surface area (Å²) in [6.45, 7) is 8.63. The topological polar surface area (TPSA) is 113 Å². The van der Waals surface area contributed by atoms with E-state index in [9.17, 15) is 24.9 Å². The molecule has 8 unspecified atom stereocenters. The van der Waals surface area contributed by atoms with Crippen molar-refractivity contribution in [2.45, 2.75) is 141 Å². The van der Waals surface area contributed by atoms with Gasteiger partial charge < -0.3 is 24.8 Å². The summed E-state index contributed by atoms with van der Waals surface area (Å²) in [5, 5.41) is 38.4. The Hall–Kier alpha value is -1.88. The fraction of sp³-hybridized carbons (Fsp3) is 0.829. The van der Waals surface area contributed by atoms with Gasteiger partial charge in [0.05, 0.1) is 35.1 Å². The van der Waals surface area contributed by atoms with E-state index in [-0.39, 0.29) is 36.8 Å². The van der Waals surface area contributed by atoms with E-state index < -0.39 is 40.7 Å². The summed E-state index contributed by atoms with van der Waals surface area (Å²) in [6, 6.07) is 0. The van der Waals surface area contributed by atoms with Crippen molar-refractivity contribution in [3.05, 3.63) is 11.6 Å². The first-order valence-electron chi connectivity index (χ1n) is 16.5. The third-order valence-corrected chi connectivity index (χ3v) is 12.1. The van der Waals surface area contributed by atoms with Gasteiger partial charge in [0.1, 0.15) is 12.7 Å². The first kappa shape index (κ1) is 31.5. The molecule has 7 nitrogen and oxygen atoms in total. The van der Waals surface area contributed by atoms with Crippen LogP contribution in [0.3, 0.4) is 0 Å². The SMILES string of the molecule is CC(C)CCC(O)C12C(O)CCC(C)(C3CCCCC3)C1C1CC(C)(C#CCCC(=O)O1)C2(O)CCC1=CC(=O)OC1. The third kappa shape index (κ3) is 5.14. The zero-order valence-electron chi connectivity index (χ0n) is 26.1. The Morgan fingerprint density at radius 1 is 1.10 bits per heavy atom. The average molecular weight is 585 g/mol. The van der Waals surface area contributed by atoms with Crippen molar-refractivity contribution in [2.24, 2.45) is 34.0 Å². The maximum absolute atomic E-state index is 13.5. The highest BCUT2D eigenvalue weighted by molar-refractivity contribution is 5.85. The van der Waals surface area contributed by atoms with Gasteiger partial charge in [-0.2, -0.15) is 0 Å². The normalized spacial score (nSPS) is 41.3. The molecular weight excluding hydrogens is 532 g/mol. The Balaban J connectivity index is 1.74. The lowest BCUT2D eigenvalue weighted by Gasteiger charge is -2.72. The molecule has 0 radical (unpaired) electrons. The van der Waals surface area contributed by atoms with Gasteiger partial charge in [0.2, 0.25) is 0 Å². The monoisotopic (exact) mass is 584 g/mol. The molecule has 8 atom stereocenters. The maximum atomic E-state index is 13.5. The molecule has 2 bridgehead atoms. The molecular formula is C35H52O7. The van der Waals surface area contributed by atoms with Crippen LogP contribution in [0.4, 0.5) is 0 Å². The molecule has 3 aliphatic carbocycles. The molecule has 2 heterocycles. The molecule has 7 heteroatoms. The number of aliphatic hydroxyl groups excluding tert-OH is 2. The van der Waals surface area contributed by atoms with Crippen molar-refractivity contribution in [3.8, 4) is 11.8 Å². The summed E-state index contributed by atoms with van der Waals surface area (Å²) in [5.41, 5.74) is -3.62. The number of cyclic esters (lactones) is 1. The fourth-order valence-electron chi connectivity index (χ4n) is 9.99. The highest BCUT2D eigenvalue weighted by atomic mass is 16.5. The van der Waals surface area contributed by atoms with Gasteiger partial charge in [-0.05, 0) is 81.1 Å². The number of ether oxygens (including phenoxy) is 2. The van der Waals surface area contributed by atoms with E-state index in [2.05, 4.69) is 32.6 Å². The number of carbonyl (C=O) groups is 2. The van der Waals surface area contributed by atoms with Crippen LogP contribution >= 0.6 is 0 Å². The van der Waals surface area contributed by atoms with Crippen molar-refractivity contribution in [1.82, 2.24) is 0 Å². The zero-order valence-corrected chi connectivity index (χ0v) is 26.1. The minimum Gasteiger partial charge on any atom is -0.462 e. The Kier molecular flexibility index (Phi) is 8.94. The molecule has 0 amide bonds. The number of aliphatic hydroxyl groups is 3. The summed E-state index contributed by atoms with van der Waals surface area (Å²) in [5.74, 6) is 6.11. The molecule has 3 N–H and O–H groups in total. The van der Waals surface area contributed by atoms with Crippen LogP contribution < -0.4 is 0 Å². The summed E-state index contributed by atoms with van der Waals surface area (Å²) in [6.07, 6.45) is 8.30. The minimum atomic E-state index is -1.62. The number of hydrogen-bond acceptors (Lipinski definition) is 7. The van der Waals surface area contributed by atoms with Gasteiger partial charge in [-0.3, -0.25) is 4.79 Å². The highest BCUT2D eigenvalue weighted by Gasteiger charge is 2.77. The lowest BCUT2D eigenvalue weighted by atomic mass is 9.35.